The van der Waals surface area contributed by atoms with Crippen LogP contribution in [0, 0.1) is 11.8 Å². The molecule has 0 radical (unpaired) electrons. The maximum atomic E-state index is 3.43. The highest BCUT2D eigenvalue weighted by Gasteiger charge is 2.18. The minimum Gasteiger partial charge on any atom is -0.316 e. The lowest BCUT2D eigenvalue weighted by Crippen LogP contribution is -2.12. The molecule has 2 heteroatoms. The maximum Gasteiger partial charge on any atom is -0.00200 e. The van der Waals surface area contributed by atoms with E-state index in [2.05, 4.69) is 10.6 Å². The van der Waals surface area contributed by atoms with E-state index in [1.165, 1.54) is 51.9 Å². The Morgan fingerprint density at radius 1 is 0.833 bits per heavy atom. The lowest BCUT2D eigenvalue weighted by Gasteiger charge is -2.11. The predicted molar refractivity (Wildman–Crippen MR) is 51.2 cm³/mol. The molecule has 0 unspecified atom stereocenters. The van der Waals surface area contributed by atoms with E-state index in [4.69, 9.17) is 0 Å². The first-order valence-electron chi connectivity index (χ1n) is 5.36. The third kappa shape index (κ3) is 2.20. The molecule has 0 aromatic carbocycles. The standard InChI is InChI=1S/C10H20N2/c1(9-3-5-11-7-9)2-10-4-6-12-8-10/h9-12H,1-8H2/t9-,10-/m0/s1. The van der Waals surface area contributed by atoms with Gasteiger partial charge in [-0.1, -0.05) is 0 Å². The van der Waals surface area contributed by atoms with Gasteiger partial charge in [-0.05, 0) is 63.7 Å². The van der Waals surface area contributed by atoms with Gasteiger partial charge in [0.25, 0.3) is 0 Å². The van der Waals surface area contributed by atoms with E-state index in [0.29, 0.717) is 0 Å². The van der Waals surface area contributed by atoms with Gasteiger partial charge in [-0.15, -0.1) is 0 Å². The van der Waals surface area contributed by atoms with Crippen LogP contribution in [0.15, 0.2) is 0 Å². The van der Waals surface area contributed by atoms with E-state index >= 15 is 0 Å². The van der Waals surface area contributed by atoms with Crippen molar-refractivity contribution in [3.05, 3.63) is 0 Å². The van der Waals surface area contributed by atoms with E-state index in [9.17, 15) is 0 Å². The Labute approximate surface area is 75.1 Å². The summed E-state index contributed by atoms with van der Waals surface area (Å²) in [6.07, 6.45) is 5.75. The Hall–Kier alpha value is -0.0800. The lowest BCUT2D eigenvalue weighted by molar-refractivity contribution is 0.429. The smallest absolute Gasteiger partial charge is 0.00200 e. The lowest BCUT2D eigenvalue weighted by atomic mass is 9.95. The zero-order valence-electron chi connectivity index (χ0n) is 7.81. The van der Waals surface area contributed by atoms with Gasteiger partial charge >= 0.3 is 0 Å². The second-order valence-corrected chi connectivity index (χ2v) is 4.29. The molecule has 2 atom stereocenters. The van der Waals surface area contributed by atoms with Crippen molar-refractivity contribution in [3.8, 4) is 0 Å². The van der Waals surface area contributed by atoms with Gasteiger partial charge in [0.05, 0.1) is 0 Å². The molecule has 2 saturated heterocycles. The second-order valence-electron chi connectivity index (χ2n) is 4.29. The van der Waals surface area contributed by atoms with E-state index in [1.807, 2.05) is 0 Å². The van der Waals surface area contributed by atoms with E-state index in [1.54, 1.807) is 0 Å². The molecule has 2 nitrogen and oxygen atoms in total. The van der Waals surface area contributed by atoms with Gasteiger partial charge < -0.3 is 10.6 Å². The summed E-state index contributed by atoms with van der Waals surface area (Å²) in [5, 5.41) is 6.86. The van der Waals surface area contributed by atoms with Crippen molar-refractivity contribution in [2.24, 2.45) is 11.8 Å². The zero-order chi connectivity index (χ0) is 8.23. The molecule has 0 aliphatic carbocycles. The Bertz CT molecular complexity index is 108. The Kier molecular flexibility index (Phi) is 3.01. The largest absolute Gasteiger partial charge is 0.316 e. The summed E-state index contributed by atoms with van der Waals surface area (Å²) in [5.74, 6) is 1.98. The highest BCUT2D eigenvalue weighted by molar-refractivity contribution is 4.76. The molecular weight excluding hydrogens is 148 g/mol. The fourth-order valence-electron chi connectivity index (χ4n) is 2.39. The van der Waals surface area contributed by atoms with Crippen LogP contribution in [-0.4, -0.2) is 26.2 Å². The van der Waals surface area contributed by atoms with Crippen LogP contribution in [0.1, 0.15) is 25.7 Å². The zero-order valence-corrected chi connectivity index (χ0v) is 7.81. The summed E-state index contributed by atoms with van der Waals surface area (Å²) >= 11 is 0. The molecule has 0 amide bonds. The third-order valence-electron chi connectivity index (χ3n) is 3.31. The van der Waals surface area contributed by atoms with E-state index < -0.39 is 0 Å². The molecule has 2 fully saturated rings. The molecule has 2 rings (SSSR count). The van der Waals surface area contributed by atoms with Crippen LogP contribution < -0.4 is 10.6 Å². The number of nitrogens with one attached hydrogen (secondary N) is 2. The molecular formula is C10H20N2. The molecule has 2 N–H and O–H groups in total. The van der Waals surface area contributed by atoms with Crippen molar-refractivity contribution in [1.82, 2.24) is 10.6 Å². The van der Waals surface area contributed by atoms with Gasteiger partial charge in [-0.3, -0.25) is 0 Å². The number of hydrogen-bond donors (Lipinski definition) is 2. The second kappa shape index (κ2) is 4.24. The minimum atomic E-state index is 0.991. The van der Waals surface area contributed by atoms with Crippen molar-refractivity contribution in [2.45, 2.75) is 25.7 Å². The van der Waals surface area contributed by atoms with Crippen molar-refractivity contribution in [3.63, 3.8) is 0 Å². The Balaban J connectivity index is 1.60. The first-order valence-corrected chi connectivity index (χ1v) is 5.36. The summed E-state index contributed by atoms with van der Waals surface area (Å²) in [4.78, 5) is 0. The molecule has 0 saturated carbocycles. The van der Waals surface area contributed by atoms with Crippen molar-refractivity contribution < 1.29 is 0 Å². The van der Waals surface area contributed by atoms with Gasteiger partial charge in [0, 0.05) is 0 Å². The molecule has 12 heavy (non-hydrogen) atoms. The maximum absolute atomic E-state index is 3.43. The summed E-state index contributed by atoms with van der Waals surface area (Å²) in [6.45, 7) is 5.07. The fourth-order valence-corrected chi connectivity index (χ4v) is 2.39. The van der Waals surface area contributed by atoms with E-state index in [-0.39, 0.29) is 0 Å². The Morgan fingerprint density at radius 3 is 1.67 bits per heavy atom. The topological polar surface area (TPSA) is 24.1 Å². The summed E-state index contributed by atoms with van der Waals surface area (Å²) in [6, 6.07) is 0. The molecule has 0 aromatic rings. The van der Waals surface area contributed by atoms with Crippen LogP contribution >= 0.6 is 0 Å². The van der Waals surface area contributed by atoms with Crippen molar-refractivity contribution >= 4 is 0 Å². The van der Waals surface area contributed by atoms with Crippen molar-refractivity contribution in [2.75, 3.05) is 26.2 Å². The highest BCUT2D eigenvalue weighted by atomic mass is 14.9. The summed E-state index contributed by atoms with van der Waals surface area (Å²) < 4.78 is 0. The van der Waals surface area contributed by atoms with Crippen LogP contribution in [-0.2, 0) is 0 Å². The van der Waals surface area contributed by atoms with Gasteiger partial charge in [0.15, 0.2) is 0 Å². The minimum absolute atomic E-state index is 0.991. The van der Waals surface area contributed by atoms with E-state index in [0.717, 1.165) is 11.8 Å². The monoisotopic (exact) mass is 168 g/mol. The van der Waals surface area contributed by atoms with Gasteiger partial charge in [-0.25, -0.2) is 0 Å². The molecule has 70 valence electrons. The SMILES string of the molecule is C1C[C@H](CC[C@H]2CCNC2)CN1. The summed E-state index contributed by atoms with van der Waals surface area (Å²) in [5.41, 5.74) is 0. The number of hydrogen-bond acceptors (Lipinski definition) is 2. The van der Waals surface area contributed by atoms with Crippen LogP contribution in [0.4, 0.5) is 0 Å². The van der Waals surface area contributed by atoms with Crippen LogP contribution in [0.2, 0.25) is 0 Å². The normalized spacial score (nSPS) is 36.0. The van der Waals surface area contributed by atoms with Crippen LogP contribution in [0.25, 0.3) is 0 Å². The summed E-state index contributed by atoms with van der Waals surface area (Å²) in [7, 11) is 0. The molecule has 0 spiro atoms. The first-order chi connectivity index (χ1) is 5.95. The van der Waals surface area contributed by atoms with Crippen LogP contribution in [0.3, 0.4) is 0 Å². The highest BCUT2D eigenvalue weighted by Crippen LogP contribution is 2.21. The molecule has 0 bridgehead atoms. The van der Waals surface area contributed by atoms with Crippen molar-refractivity contribution in [1.29, 1.82) is 0 Å². The van der Waals surface area contributed by atoms with Gasteiger partial charge in [0.2, 0.25) is 0 Å². The fraction of sp³-hybridized carbons (Fsp3) is 1.00. The van der Waals surface area contributed by atoms with Gasteiger partial charge in [0.1, 0.15) is 0 Å². The molecule has 0 aromatic heterocycles. The Morgan fingerprint density at radius 2 is 1.33 bits per heavy atom. The third-order valence-corrected chi connectivity index (χ3v) is 3.31. The average Bonchev–Trinajstić information content (AvgIpc) is 2.74. The molecule has 2 aliphatic heterocycles. The molecule has 2 aliphatic rings. The predicted octanol–water partition coefficient (Wildman–Crippen LogP) is 0.986. The molecule has 2 heterocycles. The van der Waals surface area contributed by atoms with Gasteiger partial charge in [-0.2, -0.15) is 0 Å². The number of rotatable bonds is 3. The first kappa shape index (κ1) is 8.52. The average molecular weight is 168 g/mol. The van der Waals surface area contributed by atoms with Crippen LogP contribution in [0.5, 0.6) is 0 Å². The quantitative estimate of drug-likeness (QED) is 0.656.